The summed E-state index contributed by atoms with van der Waals surface area (Å²) in [4.78, 5) is 0. The molecule has 2 aromatic rings. The van der Waals surface area contributed by atoms with Gasteiger partial charge in [0.05, 0.1) is 12.8 Å². The van der Waals surface area contributed by atoms with E-state index in [4.69, 9.17) is 9.47 Å². The predicted molar refractivity (Wildman–Crippen MR) is 109 cm³/mol. The molecule has 11 heteroatoms. The smallest absolute Gasteiger partial charge is 0.462 e. The molecule has 33 heavy (non-hydrogen) atoms. The third-order valence-electron chi connectivity index (χ3n) is 4.21. The SMILES string of the molecule is C=CCc1cc(/C=N/NC(F)(F)C(F)(F)C(F)(F)F)cc(OCC)c1OCc1ccccc1. The molecule has 0 bridgehead atoms. The van der Waals surface area contributed by atoms with Crippen LogP contribution in [0.2, 0.25) is 0 Å². The monoisotopic (exact) mass is 478 g/mol. The molecule has 0 heterocycles. The molecule has 1 N–H and O–H groups in total. The molecule has 2 aromatic carbocycles. The number of rotatable bonds is 11. The van der Waals surface area contributed by atoms with Crippen LogP contribution in [0.5, 0.6) is 11.5 Å². The zero-order valence-electron chi connectivity index (χ0n) is 17.4. The van der Waals surface area contributed by atoms with Gasteiger partial charge < -0.3 is 9.47 Å². The Labute approximate surface area is 185 Å². The molecule has 0 fully saturated rings. The number of nitrogens with zero attached hydrogens (tertiary/aromatic N) is 1. The number of halogens is 7. The highest BCUT2D eigenvalue weighted by Gasteiger charge is 2.73. The number of hydrogen-bond acceptors (Lipinski definition) is 4. The second-order valence-electron chi connectivity index (χ2n) is 6.72. The highest BCUT2D eigenvalue weighted by atomic mass is 19.4. The van der Waals surface area contributed by atoms with E-state index in [-0.39, 0.29) is 30.9 Å². The Morgan fingerprint density at radius 1 is 1.00 bits per heavy atom. The van der Waals surface area contributed by atoms with Crippen molar-refractivity contribution in [1.29, 1.82) is 0 Å². The lowest BCUT2D eigenvalue weighted by Crippen LogP contribution is -2.58. The summed E-state index contributed by atoms with van der Waals surface area (Å²) < 4.78 is 101. The first-order chi connectivity index (χ1) is 15.4. The fourth-order valence-corrected chi connectivity index (χ4v) is 2.66. The molecule has 0 spiro atoms. The molecular formula is C22H21F7N2O2. The fraction of sp³-hybridized carbons (Fsp3) is 0.318. The van der Waals surface area contributed by atoms with Crippen LogP contribution in [0.25, 0.3) is 0 Å². The lowest BCUT2D eigenvalue weighted by Gasteiger charge is -2.27. The maximum absolute atomic E-state index is 13.4. The fourth-order valence-electron chi connectivity index (χ4n) is 2.66. The minimum absolute atomic E-state index is 0.0981. The van der Waals surface area contributed by atoms with Crippen molar-refractivity contribution in [3.8, 4) is 11.5 Å². The van der Waals surface area contributed by atoms with Crippen molar-refractivity contribution in [3.05, 3.63) is 71.8 Å². The van der Waals surface area contributed by atoms with E-state index in [0.717, 1.165) is 5.56 Å². The van der Waals surface area contributed by atoms with Crippen molar-refractivity contribution >= 4 is 6.21 Å². The van der Waals surface area contributed by atoms with E-state index in [1.807, 2.05) is 30.3 Å². The zero-order valence-corrected chi connectivity index (χ0v) is 17.4. The summed E-state index contributed by atoms with van der Waals surface area (Å²) in [5, 5.41) is 2.89. The van der Waals surface area contributed by atoms with E-state index >= 15 is 0 Å². The summed E-state index contributed by atoms with van der Waals surface area (Å²) >= 11 is 0. The van der Waals surface area contributed by atoms with E-state index in [1.165, 1.54) is 18.2 Å². The molecule has 180 valence electrons. The van der Waals surface area contributed by atoms with Crippen LogP contribution in [0, 0.1) is 0 Å². The second-order valence-corrected chi connectivity index (χ2v) is 6.72. The average molecular weight is 478 g/mol. The average Bonchev–Trinajstić information content (AvgIpc) is 2.73. The van der Waals surface area contributed by atoms with Crippen molar-refractivity contribution in [2.45, 2.75) is 38.1 Å². The number of benzene rings is 2. The second kappa shape index (κ2) is 10.6. The molecule has 0 aliphatic rings. The van der Waals surface area contributed by atoms with Crippen LogP contribution >= 0.6 is 0 Å². The molecular weight excluding hydrogens is 457 g/mol. The van der Waals surface area contributed by atoms with Crippen LogP contribution in [0.4, 0.5) is 30.7 Å². The number of hydrazone groups is 1. The first-order valence-corrected chi connectivity index (χ1v) is 9.63. The highest BCUT2D eigenvalue weighted by Crippen LogP contribution is 2.45. The number of nitrogens with one attached hydrogen (secondary N) is 1. The first kappa shape index (κ1) is 26.0. The molecule has 0 aromatic heterocycles. The van der Waals surface area contributed by atoms with E-state index in [1.54, 1.807) is 6.92 Å². The summed E-state index contributed by atoms with van der Waals surface area (Å²) in [6.45, 7) is 5.73. The molecule has 0 atom stereocenters. The van der Waals surface area contributed by atoms with Crippen molar-refractivity contribution in [3.63, 3.8) is 0 Å². The Bertz CT molecular complexity index is 961. The molecule has 0 radical (unpaired) electrons. The summed E-state index contributed by atoms with van der Waals surface area (Å²) in [6.07, 6.45) is -3.98. The Morgan fingerprint density at radius 2 is 1.67 bits per heavy atom. The number of alkyl halides is 7. The molecule has 0 saturated heterocycles. The molecule has 0 saturated carbocycles. The summed E-state index contributed by atoms with van der Waals surface area (Å²) in [7, 11) is 0. The zero-order chi connectivity index (χ0) is 24.7. The number of hydrogen-bond donors (Lipinski definition) is 1. The summed E-state index contributed by atoms with van der Waals surface area (Å²) in [6, 6.07) is 6.31. The largest absolute Gasteiger partial charge is 0.490 e. The van der Waals surface area contributed by atoms with Gasteiger partial charge >= 0.3 is 18.1 Å². The van der Waals surface area contributed by atoms with Gasteiger partial charge in [0.2, 0.25) is 0 Å². The highest BCUT2D eigenvalue weighted by molar-refractivity contribution is 5.81. The molecule has 2 rings (SSSR count). The standard InChI is InChI=1S/C22H21F7N2O2/c1-3-8-17-11-16(13-30-31-22(28,29)20(23,24)21(25,26)27)12-18(32-4-2)19(17)33-14-15-9-6-5-7-10-15/h3,5-7,9-13,31H,1,4,8,14H2,2H3/b30-13+. The number of ether oxygens (including phenoxy) is 2. The number of allylic oxidation sites excluding steroid dienone is 1. The molecule has 0 unspecified atom stereocenters. The van der Waals surface area contributed by atoms with E-state index < -0.39 is 18.1 Å². The van der Waals surface area contributed by atoms with E-state index in [0.29, 0.717) is 23.0 Å². The lowest BCUT2D eigenvalue weighted by atomic mass is 10.1. The molecule has 0 amide bonds. The normalized spacial score (nSPS) is 12.6. The van der Waals surface area contributed by atoms with Gasteiger partial charge in [-0.3, -0.25) is 0 Å². The van der Waals surface area contributed by atoms with E-state index in [2.05, 4.69) is 11.7 Å². The van der Waals surface area contributed by atoms with Gasteiger partial charge in [-0.2, -0.15) is 35.8 Å². The van der Waals surface area contributed by atoms with Crippen molar-refractivity contribution in [1.82, 2.24) is 5.43 Å². The van der Waals surface area contributed by atoms with Crippen LogP contribution in [0.3, 0.4) is 0 Å². The Morgan fingerprint density at radius 3 is 2.24 bits per heavy atom. The summed E-state index contributed by atoms with van der Waals surface area (Å²) in [5.74, 6) is -5.77. The first-order valence-electron chi connectivity index (χ1n) is 9.63. The molecule has 4 nitrogen and oxygen atoms in total. The minimum Gasteiger partial charge on any atom is -0.490 e. The molecule has 0 aliphatic heterocycles. The van der Waals surface area contributed by atoms with Crippen molar-refractivity contribution in [2.75, 3.05) is 6.61 Å². The van der Waals surface area contributed by atoms with Gasteiger partial charge in [-0.15, -0.1) is 6.58 Å². The van der Waals surface area contributed by atoms with Gasteiger partial charge in [0, 0.05) is 5.56 Å². The Balaban J connectivity index is 2.31. The van der Waals surface area contributed by atoms with Gasteiger partial charge in [-0.25, -0.2) is 5.43 Å². The van der Waals surface area contributed by atoms with Gasteiger partial charge in [0.25, 0.3) is 0 Å². The van der Waals surface area contributed by atoms with Crippen LogP contribution in [-0.4, -0.2) is 31.0 Å². The maximum atomic E-state index is 13.4. The topological polar surface area (TPSA) is 42.9 Å². The van der Waals surface area contributed by atoms with E-state index in [9.17, 15) is 30.7 Å². The Kier molecular flexibility index (Phi) is 8.34. The quantitative estimate of drug-likeness (QED) is 0.139. The van der Waals surface area contributed by atoms with Gasteiger partial charge in [0.1, 0.15) is 6.61 Å². The third-order valence-corrected chi connectivity index (χ3v) is 4.21. The van der Waals surface area contributed by atoms with Gasteiger partial charge in [-0.1, -0.05) is 36.4 Å². The van der Waals surface area contributed by atoms with Crippen LogP contribution in [0.1, 0.15) is 23.6 Å². The van der Waals surface area contributed by atoms with Gasteiger partial charge in [0.15, 0.2) is 11.5 Å². The van der Waals surface area contributed by atoms with Crippen LogP contribution in [-0.2, 0) is 13.0 Å². The van der Waals surface area contributed by atoms with Crippen molar-refractivity contribution in [2.24, 2.45) is 5.10 Å². The summed E-state index contributed by atoms with van der Waals surface area (Å²) in [5.41, 5.74) is 2.07. The Hall–Kier alpha value is -3.24. The lowest BCUT2D eigenvalue weighted by molar-refractivity contribution is -0.361. The van der Waals surface area contributed by atoms with Crippen LogP contribution < -0.4 is 14.9 Å². The minimum atomic E-state index is -6.46. The third kappa shape index (κ3) is 6.39. The van der Waals surface area contributed by atoms with Gasteiger partial charge in [-0.05, 0) is 36.6 Å². The molecule has 0 aliphatic carbocycles. The maximum Gasteiger partial charge on any atom is 0.462 e. The predicted octanol–water partition coefficient (Wildman–Crippen LogP) is 6.11. The van der Waals surface area contributed by atoms with Crippen LogP contribution in [0.15, 0.2) is 60.2 Å². The van der Waals surface area contributed by atoms with Crippen molar-refractivity contribution < 1.29 is 40.2 Å².